The highest BCUT2D eigenvalue weighted by Gasteiger charge is 2.37. The van der Waals surface area contributed by atoms with Crippen LogP contribution in [0.5, 0.6) is 0 Å². The first kappa shape index (κ1) is 30.1. The van der Waals surface area contributed by atoms with E-state index < -0.39 is 30.2 Å². The number of morpholine rings is 1. The van der Waals surface area contributed by atoms with Crippen molar-refractivity contribution in [3.05, 3.63) is 58.9 Å². The number of piperidine rings is 1. The number of ether oxygens (including phenoxy) is 2. The van der Waals surface area contributed by atoms with Crippen molar-refractivity contribution in [2.24, 2.45) is 5.73 Å². The summed E-state index contributed by atoms with van der Waals surface area (Å²) in [4.78, 5) is 33.1. The second kappa shape index (κ2) is 12.1. The summed E-state index contributed by atoms with van der Waals surface area (Å²) in [6.07, 6.45) is 0.493. The van der Waals surface area contributed by atoms with Crippen LogP contribution in [0.3, 0.4) is 0 Å². The summed E-state index contributed by atoms with van der Waals surface area (Å²) in [5.74, 6) is -0.524. The average molecular weight is 587 g/mol. The molecule has 3 atom stereocenters. The highest BCUT2D eigenvalue weighted by molar-refractivity contribution is 5.82. The molecule has 4 heterocycles. The minimum absolute atomic E-state index is 0.00461. The standard InChI is InChI=1S/C30H40F2N6O4/c1-29(2,3)42-28(40)38-12-4-5-21(17-38)35-23-10-11-34-25-22(23)15-24(36-26(25)27(33)39)20-8-6-19(7-9-20)16-37-13-14-41-30(31,32)18-37/h6-11,21,24,26,36H,4-5,12-18H2,1-3H3,(H2,33,39)(H,34,35)/t21-,24?,26?/m0/s1. The summed E-state index contributed by atoms with van der Waals surface area (Å²) in [6.45, 7) is 7.10. The van der Waals surface area contributed by atoms with Gasteiger partial charge in [0.05, 0.1) is 18.8 Å². The molecule has 2 saturated heterocycles. The summed E-state index contributed by atoms with van der Waals surface area (Å²) >= 11 is 0. The van der Waals surface area contributed by atoms with E-state index in [0.29, 0.717) is 38.3 Å². The maximum absolute atomic E-state index is 13.6. The second-order valence-electron chi connectivity index (χ2n) is 12.3. The summed E-state index contributed by atoms with van der Waals surface area (Å²) < 4.78 is 37.4. The van der Waals surface area contributed by atoms with E-state index in [-0.39, 0.29) is 24.8 Å². The normalized spacial score (nSPS) is 24.5. The van der Waals surface area contributed by atoms with Gasteiger partial charge >= 0.3 is 12.2 Å². The maximum Gasteiger partial charge on any atom is 0.410 e. The first-order valence-electron chi connectivity index (χ1n) is 14.5. The number of hydrogen-bond donors (Lipinski definition) is 3. The highest BCUT2D eigenvalue weighted by atomic mass is 19.3. The van der Waals surface area contributed by atoms with Crippen LogP contribution in [0.1, 0.15) is 68.1 Å². The van der Waals surface area contributed by atoms with E-state index in [1.165, 1.54) is 0 Å². The largest absolute Gasteiger partial charge is 0.444 e. The molecule has 2 aromatic rings. The van der Waals surface area contributed by atoms with Gasteiger partial charge in [0, 0.05) is 55.7 Å². The van der Waals surface area contributed by atoms with E-state index in [0.717, 1.165) is 35.2 Å². The van der Waals surface area contributed by atoms with E-state index in [4.69, 9.17) is 10.5 Å². The molecule has 12 heteroatoms. The minimum Gasteiger partial charge on any atom is -0.444 e. The van der Waals surface area contributed by atoms with E-state index in [1.54, 1.807) is 16.0 Å². The highest BCUT2D eigenvalue weighted by Crippen LogP contribution is 2.36. The van der Waals surface area contributed by atoms with Crippen LogP contribution in [0.25, 0.3) is 0 Å². The molecule has 0 spiro atoms. The van der Waals surface area contributed by atoms with Crippen LogP contribution in [0.4, 0.5) is 19.3 Å². The Hall–Kier alpha value is -3.35. The zero-order valence-corrected chi connectivity index (χ0v) is 24.4. The lowest BCUT2D eigenvalue weighted by molar-refractivity contribution is -0.271. The fraction of sp³-hybridized carbons (Fsp3) is 0.567. The van der Waals surface area contributed by atoms with E-state index >= 15 is 0 Å². The van der Waals surface area contributed by atoms with Gasteiger partial charge in [0.1, 0.15) is 11.6 Å². The molecular formula is C30H40F2N6O4. The fourth-order valence-electron chi connectivity index (χ4n) is 5.85. The summed E-state index contributed by atoms with van der Waals surface area (Å²) in [5.41, 5.74) is 9.46. The Morgan fingerprint density at radius 3 is 2.67 bits per heavy atom. The van der Waals surface area contributed by atoms with Crippen LogP contribution in [0.2, 0.25) is 0 Å². The topological polar surface area (TPSA) is 122 Å². The zero-order chi connectivity index (χ0) is 30.1. The number of benzene rings is 1. The molecule has 3 aliphatic rings. The molecule has 0 aliphatic carbocycles. The third-order valence-electron chi connectivity index (χ3n) is 7.77. The first-order chi connectivity index (χ1) is 19.9. The molecule has 228 valence electrons. The number of pyridine rings is 1. The Bertz CT molecular complexity index is 1290. The minimum atomic E-state index is -3.13. The van der Waals surface area contributed by atoms with Crippen LogP contribution in [0.15, 0.2) is 36.5 Å². The molecule has 2 fully saturated rings. The smallest absolute Gasteiger partial charge is 0.410 e. The van der Waals surface area contributed by atoms with Gasteiger partial charge in [-0.25, -0.2) is 4.79 Å². The molecule has 1 aromatic heterocycles. The number of anilines is 1. The van der Waals surface area contributed by atoms with Crippen LogP contribution in [-0.2, 0) is 27.2 Å². The number of rotatable bonds is 6. The lowest BCUT2D eigenvalue weighted by atomic mass is 9.88. The number of carbonyl (C=O) groups excluding carboxylic acids is 2. The molecule has 10 nitrogen and oxygen atoms in total. The number of hydrogen-bond acceptors (Lipinski definition) is 8. The number of nitrogens with zero attached hydrogens (tertiary/aromatic N) is 3. The first-order valence-corrected chi connectivity index (χ1v) is 14.5. The number of fused-ring (bicyclic) bond motifs is 1. The monoisotopic (exact) mass is 586 g/mol. The van der Waals surface area contributed by atoms with Gasteiger partial charge in [-0.2, -0.15) is 8.78 Å². The van der Waals surface area contributed by atoms with Crippen molar-refractivity contribution in [3.63, 3.8) is 0 Å². The molecule has 1 aromatic carbocycles. The molecule has 4 N–H and O–H groups in total. The Labute approximate surface area is 244 Å². The number of primary amides is 1. The van der Waals surface area contributed by atoms with Crippen LogP contribution in [0, 0.1) is 0 Å². The predicted octanol–water partition coefficient (Wildman–Crippen LogP) is 3.73. The third-order valence-corrected chi connectivity index (χ3v) is 7.77. The molecule has 3 aliphatic heterocycles. The SMILES string of the molecule is CC(C)(C)OC(=O)N1CCC[C@H](Nc2ccnc3c2CC(c2ccc(CN4CCOC(F)(F)C4)cc2)NC3C(N)=O)C1. The number of alkyl halides is 2. The average Bonchev–Trinajstić information content (AvgIpc) is 2.92. The van der Waals surface area contributed by atoms with Gasteiger partial charge in [-0.3, -0.25) is 20.0 Å². The van der Waals surface area contributed by atoms with Gasteiger partial charge in [-0.05, 0) is 57.2 Å². The van der Waals surface area contributed by atoms with Crippen LogP contribution in [-0.4, -0.2) is 77.3 Å². The van der Waals surface area contributed by atoms with Crippen molar-refractivity contribution in [2.45, 2.75) is 76.4 Å². The van der Waals surface area contributed by atoms with Gasteiger partial charge in [-0.15, -0.1) is 0 Å². The molecule has 0 bridgehead atoms. The van der Waals surface area contributed by atoms with Crippen molar-refractivity contribution in [2.75, 3.05) is 38.1 Å². The number of aromatic nitrogens is 1. The van der Waals surface area contributed by atoms with Crippen molar-refractivity contribution in [1.82, 2.24) is 20.1 Å². The van der Waals surface area contributed by atoms with Crippen LogP contribution < -0.4 is 16.4 Å². The third kappa shape index (κ3) is 7.34. The quantitative estimate of drug-likeness (QED) is 0.468. The van der Waals surface area contributed by atoms with E-state index in [9.17, 15) is 18.4 Å². The zero-order valence-electron chi connectivity index (χ0n) is 24.4. The number of carbonyl (C=O) groups is 2. The molecule has 42 heavy (non-hydrogen) atoms. The Morgan fingerprint density at radius 2 is 1.98 bits per heavy atom. The molecule has 2 unspecified atom stereocenters. The number of likely N-dealkylation sites (tertiary alicyclic amines) is 1. The van der Waals surface area contributed by atoms with Crippen molar-refractivity contribution in [1.29, 1.82) is 0 Å². The van der Waals surface area contributed by atoms with Gasteiger partial charge in [0.2, 0.25) is 5.91 Å². The second-order valence-corrected chi connectivity index (χ2v) is 12.3. The lowest BCUT2D eigenvalue weighted by Gasteiger charge is -2.36. The van der Waals surface area contributed by atoms with Gasteiger partial charge in [0.15, 0.2) is 0 Å². The van der Waals surface area contributed by atoms with Gasteiger partial charge in [-0.1, -0.05) is 24.3 Å². The maximum atomic E-state index is 13.6. The van der Waals surface area contributed by atoms with Crippen LogP contribution >= 0.6 is 0 Å². The summed E-state index contributed by atoms with van der Waals surface area (Å²) in [7, 11) is 0. The van der Waals surface area contributed by atoms with Crippen molar-refractivity contribution >= 4 is 17.7 Å². The lowest BCUT2D eigenvalue weighted by Crippen LogP contribution is -2.47. The number of halogens is 2. The summed E-state index contributed by atoms with van der Waals surface area (Å²) in [6, 6.07) is 8.67. The Kier molecular flexibility index (Phi) is 8.68. The van der Waals surface area contributed by atoms with E-state index in [2.05, 4.69) is 20.4 Å². The van der Waals surface area contributed by atoms with Gasteiger partial charge < -0.3 is 25.4 Å². The van der Waals surface area contributed by atoms with Crippen molar-refractivity contribution < 1.29 is 27.8 Å². The molecule has 2 amide bonds. The Balaban J connectivity index is 1.31. The van der Waals surface area contributed by atoms with Crippen molar-refractivity contribution in [3.8, 4) is 0 Å². The predicted molar refractivity (Wildman–Crippen MR) is 153 cm³/mol. The molecule has 5 rings (SSSR count). The number of amides is 2. The fourth-order valence-corrected chi connectivity index (χ4v) is 5.85. The number of nitrogens with two attached hydrogens (primary N) is 1. The van der Waals surface area contributed by atoms with Gasteiger partial charge in [0.25, 0.3) is 0 Å². The summed E-state index contributed by atoms with van der Waals surface area (Å²) in [5, 5.41) is 6.95. The molecule has 0 saturated carbocycles. The molecule has 0 radical (unpaired) electrons. The number of nitrogens with one attached hydrogen (secondary N) is 2. The Morgan fingerprint density at radius 1 is 1.21 bits per heavy atom. The molecular weight excluding hydrogens is 546 g/mol. The van der Waals surface area contributed by atoms with E-state index in [1.807, 2.05) is 51.1 Å².